The molecule has 0 bridgehead atoms. The second kappa shape index (κ2) is 48.5. The first-order valence-corrected chi connectivity index (χ1v) is 47.9. The third kappa shape index (κ3) is 25.0. The summed E-state index contributed by atoms with van der Waals surface area (Å²) in [5.41, 5.74) is 22.8. The number of phenols is 1. The topological polar surface area (TPSA) is 383 Å². The highest BCUT2D eigenvalue weighted by Gasteiger charge is 2.36. The molecule has 21 rings (SSSR count). The highest BCUT2D eigenvalue weighted by molar-refractivity contribution is 6.52. The monoisotopic (exact) mass is 1880 g/mol. The molecule has 5 aliphatic heterocycles. The third-order valence-electron chi connectivity index (χ3n) is 26.1. The van der Waals surface area contributed by atoms with Crippen LogP contribution >= 0.6 is 0 Å². The van der Waals surface area contributed by atoms with E-state index in [1.54, 1.807) is 43.3 Å². The Bertz CT molecular complexity index is 6700. The number of Topliss-reactive ketones (excluding diaryl/α,β-unsaturated/α-hetero) is 2. The molecule has 5 unspecified atom stereocenters. The van der Waals surface area contributed by atoms with E-state index in [9.17, 15) is 34.4 Å². The van der Waals surface area contributed by atoms with Crippen LogP contribution in [0.15, 0.2) is 237 Å². The first-order chi connectivity index (χ1) is 67.9. The number of carbonyl (C=O) groups is 5. The molecular formula is C111H129N15O13. The van der Waals surface area contributed by atoms with E-state index in [1.807, 2.05) is 177 Å². The number of anilines is 3. The molecule has 5 fully saturated rings. The van der Waals surface area contributed by atoms with Crippen molar-refractivity contribution >= 4 is 117 Å². The number of aromatic hydroxyl groups is 1. The van der Waals surface area contributed by atoms with Crippen LogP contribution in [0.3, 0.4) is 0 Å². The summed E-state index contributed by atoms with van der Waals surface area (Å²) in [7, 11) is 1.25. The summed E-state index contributed by atoms with van der Waals surface area (Å²) in [5, 5.41) is 47.7. The lowest BCUT2D eigenvalue weighted by Gasteiger charge is -2.24. The zero-order valence-corrected chi connectivity index (χ0v) is 80.8. The predicted molar refractivity (Wildman–Crippen MR) is 553 cm³/mol. The summed E-state index contributed by atoms with van der Waals surface area (Å²) in [4.78, 5) is 104. The number of benzene rings is 12. The number of nitrogens with two attached hydrogens (primary N) is 2. The molecule has 139 heavy (non-hydrogen) atoms. The van der Waals surface area contributed by atoms with Crippen molar-refractivity contribution in [1.29, 1.82) is 0 Å². The molecule has 28 nitrogen and oxygen atoms in total. The first-order valence-electron chi connectivity index (χ1n) is 48.9. The molecule has 8 heterocycles. The lowest BCUT2D eigenvalue weighted by atomic mass is 9.90. The molecule has 5 atom stereocenters. The van der Waals surface area contributed by atoms with E-state index < -0.39 is 28.4 Å². The molecule has 5 saturated heterocycles. The number of imidazole rings is 3. The fourth-order valence-electron chi connectivity index (χ4n) is 18.4. The fourth-order valence-corrected chi connectivity index (χ4v) is 18.4. The predicted octanol–water partition coefficient (Wildman–Crippen LogP) is 22.3. The number of carbonyl (C=O) groups excluding carboxylic acids is 3. The van der Waals surface area contributed by atoms with E-state index >= 15 is 0 Å². The number of H-pyrrole nitrogens is 3. The molecule has 1 amide bonds. The lowest BCUT2D eigenvalue weighted by molar-refractivity contribution is -0.383. The van der Waals surface area contributed by atoms with Gasteiger partial charge in [-0.2, -0.15) is 0 Å². The summed E-state index contributed by atoms with van der Waals surface area (Å²) in [6, 6.07) is 75.9. The number of hydrogen-bond acceptors (Lipinski definition) is 21. The van der Waals surface area contributed by atoms with Crippen molar-refractivity contribution in [3.8, 4) is 34.3 Å². The molecule has 0 radical (unpaired) electrons. The number of amides is 1. The van der Waals surface area contributed by atoms with Crippen LogP contribution < -0.4 is 31.0 Å². The number of nitro benzene ring substituents is 1. The number of carboxylic acids is 2. The number of nitro groups is 1. The lowest BCUT2D eigenvalue weighted by Crippen LogP contribution is -2.40. The van der Waals surface area contributed by atoms with Crippen LogP contribution in [0.25, 0.3) is 76.4 Å². The van der Waals surface area contributed by atoms with E-state index in [-0.39, 0.29) is 35.4 Å². The Hall–Kier alpha value is -14.4. The normalized spacial score (nSPS) is 15.7. The number of nitrogen functional groups attached to an aromatic ring is 2. The van der Waals surface area contributed by atoms with Crippen molar-refractivity contribution in [3.05, 3.63) is 292 Å². The maximum absolute atomic E-state index is 12.9. The SMILES string of the molecule is CC.CC(=O)O.CC(C(=O)Nc1c(N)cc(OCc2ccccc2)c2ccccc12)N1CCCC1.CC(C(=O)O)N1CCCC1.CC(c1nc2c([nH]1)C(=O)C(=O)c1ccccc1-2)N1CCCC1.CC(c1nc2c(cc(O)c3ccccc32)[nH]1)N1CCCC1.CC(c1nc2c(cc(OCc3ccccc3)c3ccccc32)[nH]1)N1CCCC1.Nc1c([N+](=O)[O-])cc(OCc2ccccc2)c2ccccc12.[2H]C. The van der Waals surface area contributed by atoms with Crippen LogP contribution in [0.2, 0.25) is 0 Å². The minimum absolute atomic E-state index is 0.0262. The minimum Gasteiger partial charge on any atom is -0.507 e. The number of aromatic nitrogens is 6. The molecule has 726 valence electrons. The van der Waals surface area contributed by atoms with Crippen LogP contribution in [0, 0.1) is 10.1 Å². The Labute approximate surface area is 812 Å². The number of carboxylic acid groups (broad SMARTS) is 2. The molecule has 28 heteroatoms. The van der Waals surface area contributed by atoms with Crippen molar-refractivity contribution < 1.29 is 59.8 Å². The molecular weight excluding hydrogens is 1750 g/mol. The summed E-state index contributed by atoms with van der Waals surface area (Å²) >= 11 is 0. The molecule has 1 aliphatic carbocycles. The van der Waals surface area contributed by atoms with Gasteiger partial charge < -0.3 is 61.3 Å². The minimum atomic E-state index is -0.833. The van der Waals surface area contributed by atoms with Gasteiger partial charge in [-0.05, 0) is 181 Å². The van der Waals surface area contributed by atoms with Crippen LogP contribution in [-0.2, 0) is 34.2 Å². The molecule has 6 aliphatic rings. The van der Waals surface area contributed by atoms with Crippen molar-refractivity contribution in [2.75, 3.05) is 82.2 Å². The van der Waals surface area contributed by atoms with Crippen LogP contribution in [-0.4, -0.2) is 182 Å². The number of hydrogen-bond donors (Lipinski definition) is 9. The van der Waals surface area contributed by atoms with Crippen molar-refractivity contribution in [2.45, 2.75) is 177 Å². The number of fused-ring (bicyclic) bond motifs is 11. The molecule has 11 N–H and O–H groups in total. The van der Waals surface area contributed by atoms with Crippen LogP contribution in [0.4, 0.5) is 22.7 Å². The number of rotatable bonds is 21. The zero-order valence-electron chi connectivity index (χ0n) is 81.8. The molecule has 3 aromatic heterocycles. The number of likely N-dealkylation sites (tertiary alicyclic amines) is 5. The Balaban J connectivity index is 0.000000142. The Morgan fingerprint density at radius 3 is 1.22 bits per heavy atom. The number of phenolic OH excluding ortho intramolecular Hbond substituents is 1. The van der Waals surface area contributed by atoms with Crippen molar-refractivity contribution in [1.82, 2.24) is 54.4 Å². The summed E-state index contributed by atoms with van der Waals surface area (Å²) < 4.78 is 23.8. The second-order valence-electron chi connectivity index (χ2n) is 35.2. The summed E-state index contributed by atoms with van der Waals surface area (Å²) in [6.07, 6.45) is 12.1. The van der Waals surface area contributed by atoms with E-state index in [0.29, 0.717) is 82.9 Å². The average molecular weight is 1880 g/mol. The Morgan fingerprint density at radius 1 is 0.446 bits per heavy atom. The van der Waals surface area contributed by atoms with Gasteiger partial charge in [0.1, 0.15) is 83.4 Å². The van der Waals surface area contributed by atoms with Gasteiger partial charge in [0.15, 0.2) is 0 Å². The molecule has 15 aromatic rings. The van der Waals surface area contributed by atoms with Gasteiger partial charge in [-0.15, -0.1) is 0 Å². The van der Waals surface area contributed by atoms with Gasteiger partial charge in [0, 0.05) is 80.7 Å². The third-order valence-corrected chi connectivity index (χ3v) is 26.1. The van der Waals surface area contributed by atoms with Crippen LogP contribution in [0.5, 0.6) is 23.0 Å². The highest BCUT2D eigenvalue weighted by Crippen LogP contribution is 2.43. The van der Waals surface area contributed by atoms with Gasteiger partial charge in [0.25, 0.3) is 17.4 Å². The van der Waals surface area contributed by atoms with Crippen molar-refractivity contribution in [2.24, 2.45) is 0 Å². The van der Waals surface area contributed by atoms with Crippen LogP contribution in [0.1, 0.15) is 202 Å². The quantitative estimate of drug-likeness (QED) is 0.0140. The smallest absolute Gasteiger partial charge is 0.320 e. The number of ether oxygens (including phenoxy) is 3. The van der Waals surface area contributed by atoms with Gasteiger partial charge in [-0.25, -0.2) is 15.0 Å². The molecule has 12 aromatic carbocycles. The summed E-state index contributed by atoms with van der Waals surface area (Å²) in [5.74, 6) is 2.68. The van der Waals surface area contributed by atoms with Gasteiger partial charge in [-0.1, -0.05) is 234 Å². The maximum atomic E-state index is 12.9. The number of nitrogens with zero attached hydrogens (tertiary/aromatic N) is 9. The second-order valence-corrected chi connectivity index (χ2v) is 35.2. The molecule has 0 saturated carbocycles. The van der Waals surface area contributed by atoms with E-state index in [4.69, 9.17) is 52.0 Å². The number of aromatic amines is 3. The number of aliphatic carboxylic acids is 2. The number of ketones is 2. The Morgan fingerprint density at radius 2 is 0.784 bits per heavy atom. The van der Waals surface area contributed by atoms with Gasteiger partial charge in [0.05, 0.1) is 68.6 Å². The molecule has 0 spiro atoms. The Kier molecular flexibility index (Phi) is 35.1. The van der Waals surface area contributed by atoms with E-state index in [0.717, 1.165) is 198 Å². The van der Waals surface area contributed by atoms with Gasteiger partial charge in [-0.3, -0.25) is 58.6 Å². The highest BCUT2D eigenvalue weighted by atomic mass is 16.6. The van der Waals surface area contributed by atoms with E-state index in [2.05, 4.69) is 108 Å². The van der Waals surface area contributed by atoms with Gasteiger partial charge in [0.2, 0.25) is 11.7 Å². The van der Waals surface area contributed by atoms with Crippen molar-refractivity contribution in [3.63, 3.8) is 0 Å². The maximum Gasteiger partial charge on any atom is 0.320 e. The van der Waals surface area contributed by atoms with Gasteiger partial charge >= 0.3 is 5.97 Å². The zero-order chi connectivity index (χ0) is 99.5. The first kappa shape index (κ1) is 101. The number of nitrogens with one attached hydrogen (secondary N) is 4. The largest absolute Gasteiger partial charge is 0.507 e. The summed E-state index contributed by atoms with van der Waals surface area (Å²) in [6.45, 7) is 27.2. The average Bonchev–Trinajstić information content (AvgIpc) is 1.61. The standard InChI is InChI=1S/C24H27N3O2.C24H25N3O.C17H17N3O2.C17H19N3O.C17H14N2O3.C7H13NO2.C2H4O2.C2H6.CH4/c1-17(27-13-7-8-14-27)24(28)26-23-20-12-6-5-11-19(20)22(15-21(23)25)29-16-18-9-3-2-4-10-18;1-17(27-13-7-8-14-27)24-25-21-15-22(28-16-18-9-3-2-4-10-18)19-11-5-6-12-20(19)23(21)26-24;1-10(20-8-4-5-9-20)17-18-13-11-6-2-3-7-12(11)15(21)16(22)14(13)19-17;1-11(20-8-4-5-9-20)17-18-14-10-15(21)12-6-2-3-7-13(12)16(14)19-17;18-17-14-9-5-4-8-13(14)16(10-15(17)19(20)21)22-11-12-6-2-1-3-7-12;1-6(7(9)10)8-4-2-3-5-8;1-2(3)4;1-2;/h2-6,9-12,15,17H,7-8,13-14,16,25H2,1H3,(H,26,28);2-6,9-12,15,17H,7-8,13-14,16H2,1H3,(H,25,26);2-3,6-7,10H,4-5,8-9H2,1H3,(H,18,19);2-3,6-7,10-11,21H,4-5,8-9H2,1H3,(H,18,19);1-10H,11,18H2;6H,2-5H2,1H3,(H,9,10);1H3,(H,3,4);1-2H3;1H4/i;;;;;;;;1D. The fraction of sp³-hybridized carbons (Fsp3) is 0.333. The van der Waals surface area contributed by atoms with E-state index in [1.165, 1.54) is 57.6 Å².